The number of hydrogen-bond acceptors (Lipinski definition) is 5. The highest BCUT2D eigenvalue weighted by Gasteiger charge is 2.13. The third-order valence-electron chi connectivity index (χ3n) is 4.58. The number of furan rings is 1. The van der Waals surface area contributed by atoms with E-state index < -0.39 is 5.91 Å². The van der Waals surface area contributed by atoms with Crippen LogP contribution in [0.5, 0.6) is 11.5 Å². The van der Waals surface area contributed by atoms with Crippen LogP contribution in [0.3, 0.4) is 0 Å². The Bertz CT molecular complexity index is 1240. The summed E-state index contributed by atoms with van der Waals surface area (Å²) in [6.45, 7) is 3.90. The highest BCUT2D eigenvalue weighted by Crippen LogP contribution is 2.29. The fourth-order valence-electron chi connectivity index (χ4n) is 3.24. The number of hydrogen-bond donors (Lipinski definition) is 1. The molecule has 1 heterocycles. The molecule has 30 heavy (non-hydrogen) atoms. The number of nitrogens with one attached hydrogen (secondary N) is 1. The van der Waals surface area contributed by atoms with Crippen molar-refractivity contribution < 1.29 is 18.7 Å². The molecule has 4 aromatic rings. The second-order valence-electron chi connectivity index (χ2n) is 7.09. The first kappa shape index (κ1) is 19.5. The molecule has 0 radical (unpaired) electrons. The molecule has 0 atom stereocenters. The summed E-state index contributed by atoms with van der Waals surface area (Å²) in [7, 11) is 1.58. The van der Waals surface area contributed by atoms with Crippen molar-refractivity contribution in [2.24, 2.45) is 5.10 Å². The van der Waals surface area contributed by atoms with Gasteiger partial charge >= 0.3 is 5.91 Å². The van der Waals surface area contributed by atoms with Gasteiger partial charge in [0.1, 0.15) is 5.58 Å². The largest absolute Gasteiger partial charge is 0.493 e. The van der Waals surface area contributed by atoms with E-state index in [2.05, 4.69) is 10.5 Å². The lowest BCUT2D eigenvalue weighted by Crippen LogP contribution is -2.16. The van der Waals surface area contributed by atoms with Gasteiger partial charge in [-0.05, 0) is 60.5 Å². The Kier molecular flexibility index (Phi) is 5.39. The molecule has 6 heteroatoms. The minimum atomic E-state index is -0.418. The van der Waals surface area contributed by atoms with Crippen molar-refractivity contribution in [1.29, 1.82) is 0 Å². The Balaban J connectivity index is 1.50. The summed E-state index contributed by atoms with van der Waals surface area (Å²) >= 11 is 0. The van der Waals surface area contributed by atoms with Crippen LogP contribution in [-0.2, 0) is 0 Å². The number of fused-ring (bicyclic) bond motifs is 3. The fourth-order valence-corrected chi connectivity index (χ4v) is 3.24. The summed E-state index contributed by atoms with van der Waals surface area (Å²) in [5, 5.41) is 7.06. The van der Waals surface area contributed by atoms with E-state index in [1.807, 2.05) is 62.4 Å². The Morgan fingerprint density at radius 3 is 2.67 bits per heavy atom. The maximum absolute atomic E-state index is 12.5. The minimum absolute atomic E-state index is 0.0404. The van der Waals surface area contributed by atoms with Gasteiger partial charge in [0.25, 0.3) is 0 Å². The molecule has 0 fully saturated rings. The maximum Gasteiger partial charge on any atom is 0.307 e. The molecular weight excluding hydrogens is 380 g/mol. The molecule has 6 nitrogen and oxygen atoms in total. The van der Waals surface area contributed by atoms with Gasteiger partial charge in [0.2, 0.25) is 0 Å². The number of rotatable bonds is 6. The number of hydrazone groups is 1. The first-order valence-corrected chi connectivity index (χ1v) is 9.64. The van der Waals surface area contributed by atoms with Crippen molar-refractivity contribution >= 4 is 33.9 Å². The van der Waals surface area contributed by atoms with Crippen LogP contribution < -0.4 is 14.9 Å². The molecule has 0 spiro atoms. The van der Waals surface area contributed by atoms with Crippen LogP contribution in [0.4, 0.5) is 0 Å². The van der Waals surface area contributed by atoms with Gasteiger partial charge in [-0.1, -0.05) is 30.3 Å². The first-order valence-electron chi connectivity index (χ1n) is 9.64. The van der Waals surface area contributed by atoms with Gasteiger partial charge in [-0.3, -0.25) is 4.79 Å². The zero-order valence-corrected chi connectivity index (χ0v) is 17.0. The third kappa shape index (κ3) is 3.98. The smallest absolute Gasteiger partial charge is 0.307 e. The molecule has 3 aromatic carbocycles. The van der Waals surface area contributed by atoms with E-state index in [4.69, 9.17) is 13.9 Å². The minimum Gasteiger partial charge on any atom is -0.493 e. The van der Waals surface area contributed by atoms with Crippen LogP contribution in [0, 0.1) is 0 Å². The van der Waals surface area contributed by atoms with Crippen molar-refractivity contribution in [2.45, 2.75) is 20.0 Å². The molecule has 0 saturated carbocycles. The highest BCUT2D eigenvalue weighted by atomic mass is 16.5. The maximum atomic E-state index is 12.5. The lowest BCUT2D eigenvalue weighted by atomic mass is 10.1. The molecule has 4 rings (SSSR count). The summed E-state index contributed by atoms with van der Waals surface area (Å²) in [4.78, 5) is 12.5. The quantitative estimate of drug-likeness (QED) is 0.358. The number of amides is 1. The third-order valence-corrected chi connectivity index (χ3v) is 4.58. The molecule has 1 N–H and O–H groups in total. The molecule has 0 aliphatic heterocycles. The number of ether oxygens (including phenoxy) is 2. The van der Waals surface area contributed by atoms with Crippen molar-refractivity contribution in [2.75, 3.05) is 7.11 Å². The average Bonchev–Trinajstić information content (AvgIpc) is 3.19. The van der Waals surface area contributed by atoms with Crippen molar-refractivity contribution in [1.82, 2.24) is 5.43 Å². The molecule has 0 saturated heterocycles. The lowest BCUT2D eigenvalue weighted by molar-refractivity contribution is 0.0929. The second kappa shape index (κ2) is 8.29. The predicted octanol–water partition coefficient (Wildman–Crippen LogP) is 5.15. The van der Waals surface area contributed by atoms with Gasteiger partial charge < -0.3 is 13.9 Å². The zero-order valence-electron chi connectivity index (χ0n) is 17.0. The Hall–Kier alpha value is -3.80. The average molecular weight is 402 g/mol. The standard InChI is InChI=1S/C24H22N2O4/c1-15(2)29-21-10-8-16(12-22(21)28-3)14-25-26-24(27)23-13-19-18-7-5-4-6-17(18)9-11-20(19)30-23/h4-15H,1-3H3,(H,26,27). The summed E-state index contributed by atoms with van der Waals surface area (Å²) in [5.41, 5.74) is 3.93. The normalized spacial score (nSPS) is 11.5. The van der Waals surface area contributed by atoms with E-state index in [0.29, 0.717) is 17.1 Å². The van der Waals surface area contributed by atoms with Crippen LogP contribution in [0.2, 0.25) is 0 Å². The Labute approximate surface area is 174 Å². The number of methoxy groups -OCH3 is 1. The van der Waals surface area contributed by atoms with E-state index in [0.717, 1.165) is 21.7 Å². The van der Waals surface area contributed by atoms with Gasteiger partial charge in [0, 0.05) is 5.39 Å². The van der Waals surface area contributed by atoms with Crippen molar-refractivity contribution in [3.05, 3.63) is 72.0 Å². The molecule has 0 unspecified atom stereocenters. The van der Waals surface area contributed by atoms with Crippen LogP contribution in [-0.4, -0.2) is 25.3 Å². The fraction of sp³-hybridized carbons (Fsp3) is 0.167. The molecular formula is C24H22N2O4. The Morgan fingerprint density at radius 2 is 1.87 bits per heavy atom. The summed E-state index contributed by atoms with van der Waals surface area (Å²) < 4.78 is 16.8. The van der Waals surface area contributed by atoms with Crippen LogP contribution in [0.25, 0.3) is 21.7 Å². The molecule has 0 aliphatic carbocycles. The number of benzene rings is 3. The van der Waals surface area contributed by atoms with E-state index >= 15 is 0 Å². The first-order chi connectivity index (χ1) is 14.5. The summed E-state index contributed by atoms with van der Waals surface area (Å²) in [6.07, 6.45) is 1.58. The predicted molar refractivity (Wildman–Crippen MR) is 118 cm³/mol. The van der Waals surface area contributed by atoms with E-state index in [9.17, 15) is 4.79 Å². The van der Waals surface area contributed by atoms with Gasteiger partial charge in [-0.2, -0.15) is 5.10 Å². The van der Waals surface area contributed by atoms with Gasteiger partial charge in [-0.15, -0.1) is 0 Å². The van der Waals surface area contributed by atoms with E-state index in [1.54, 1.807) is 19.2 Å². The van der Waals surface area contributed by atoms with Gasteiger partial charge in [0.15, 0.2) is 17.3 Å². The number of carbonyl (C=O) groups is 1. The van der Waals surface area contributed by atoms with Crippen LogP contribution in [0.1, 0.15) is 30.0 Å². The summed E-state index contributed by atoms with van der Waals surface area (Å²) in [6, 6.07) is 19.0. The SMILES string of the molecule is COc1cc(C=NNC(=O)c2cc3c(ccc4ccccc43)o2)ccc1OC(C)C. The lowest BCUT2D eigenvalue weighted by Gasteiger charge is -2.13. The van der Waals surface area contributed by atoms with Crippen LogP contribution >= 0.6 is 0 Å². The van der Waals surface area contributed by atoms with Crippen LogP contribution in [0.15, 0.2) is 70.2 Å². The van der Waals surface area contributed by atoms with E-state index in [1.165, 1.54) is 6.21 Å². The molecule has 152 valence electrons. The topological polar surface area (TPSA) is 73.1 Å². The zero-order chi connectivity index (χ0) is 21.1. The molecule has 1 amide bonds. The van der Waals surface area contributed by atoms with Crippen molar-refractivity contribution in [3.8, 4) is 11.5 Å². The van der Waals surface area contributed by atoms with Gasteiger partial charge in [0.05, 0.1) is 19.4 Å². The highest BCUT2D eigenvalue weighted by molar-refractivity contribution is 6.08. The number of nitrogens with zero attached hydrogens (tertiary/aromatic N) is 1. The van der Waals surface area contributed by atoms with Gasteiger partial charge in [-0.25, -0.2) is 5.43 Å². The molecule has 0 bridgehead atoms. The molecule has 1 aromatic heterocycles. The second-order valence-corrected chi connectivity index (χ2v) is 7.09. The Morgan fingerprint density at radius 1 is 1.03 bits per heavy atom. The van der Waals surface area contributed by atoms with E-state index in [-0.39, 0.29) is 11.9 Å². The summed E-state index contributed by atoms with van der Waals surface area (Å²) in [5.74, 6) is 1.04. The monoisotopic (exact) mass is 402 g/mol. The van der Waals surface area contributed by atoms with Crippen molar-refractivity contribution in [3.63, 3.8) is 0 Å². The number of carbonyl (C=O) groups excluding carboxylic acids is 1. The molecule has 0 aliphatic rings.